The molecule has 0 aliphatic heterocycles. The molecular formula is C12H16O6S. The van der Waals surface area contributed by atoms with Gasteiger partial charge in [-0.15, -0.1) is 0 Å². The van der Waals surface area contributed by atoms with Gasteiger partial charge in [0.1, 0.15) is 16.4 Å². The van der Waals surface area contributed by atoms with Crippen LogP contribution in [0.5, 0.6) is 11.5 Å². The van der Waals surface area contributed by atoms with E-state index in [1.165, 1.54) is 33.3 Å². The number of carboxylic acids is 1. The Morgan fingerprint density at radius 3 is 2.42 bits per heavy atom. The molecule has 7 heteroatoms. The van der Waals surface area contributed by atoms with Crippen molar-refractivity contribution in [3.8, 4) is 11.5 Å². The van der Waals surface area contributed by atoms with Crippen molar-refractivity contribution in [1.82, 2.24) is 0 Å². The molecule has 1 unspecified atom stereocenters. The molecule has 0 heterocycles. The molecule has 106 valence electrons. The van der Waals surface area contributed by atoms with Crippen molar-refractivity contribution in [2.45, 2.75) is 23.5 Å². The third-order valence-electron chi connectivity index (χ3n) is 2.67. The van der Waals surface area contributed by atoms with Crippen LogP contribution in [0, 0.1) is 0 Å². The molecule has 1 N–H and O–H groups in total. The molecule has 0 amide bonds. The molecule has 1 aromatic carbocycles. The van der Waals surface area contributed by atoms with Crippen molar-refractivity contribution in [2.24, 2.45) is 0 Å². The van der Waals surface area contributed by atoms with Crippen LogP contribution in [0.25, 0.3) is 0 Å². The van der Waals surface area contributed by atoms with Crippen molar-refractivity contribution >= 4 is 15.8 Å². The van der Waals surface area contributed by atoms with Crippen LogP contribution in [-0.4, -0.2) is 39.0 Å². The Bertz CT molecular complexity index is 564. The first-order chi connectivity index (χ1) is 8.82. The van der Waals surface area contributed by atoms with Gasteiger partial charge in [0, 0.05) is 6.07 Å². The highest BCUT2D eigenvalue weighted by atomic mass is 32.2. The van der Waals surface area contributed by atoms with E-state index in [1.807, 2.05) is 0 Å². The zero-order chi connectivity index (χ0) is 14.6. The molecule has 19 heavy (non-hydrogen) atoms. The molecule has 0 radical (unpaired) electrons. The van der Waals surface area contributed by atoms with Gasteiger partial charge in [-0.2, -0.15) is 0 Å². The molecule has 1 atom stereocenters. The van der Waals surface area contributed by atoms with E-state index in [-0.39, 0.29) is 10.6 Å². The first kappa shape index (κ1) is 15.3. The summed E-state index contributed by atoms with van der Waals surface area (Å²) in [5.41, 5.74) is 0. The molecule has 0 saturated carbocycles. The van der Waals surface area contributed by atoms with Gasteiger partial charge in [-0.05, 0) is 19.1 Å². The topological polar surface area (TPSA) is 89.9 Å². The van der Waals surface area contributed by atoms with Crippen molar-refractivity contribution in [3.05, 3.63) is 18.2 Å². The van der Waals surface area contributed by atoms with E-state index in [2.05, 4.69) is 0 Å². The zero-order valence-electron chi connectivity index (χ0n) is 10.9. The molecule has 0 spiro atoms. The van der Waals surface area contributed by atoms with Crippen molar-refractivity contribution in [2.75, 3.05) is 14.2 Å². The second-order valence-corrected chi connectivity index (χ2v) is 6.30. The predicted molar refractivity (Wildman–Crippen MR) is 68.4 cm³/mol. The SMILES string of the molecule is COc1ccc(OC)c(S(=O)(=O)C(C)CC(=O)O)c1. The fraction of sp³-hybridized carbons (Fsp3) is 0.417. The third-order valence-corrected chi connectivity index (χ3v) is 4.83. The van der Waals surface area contributed by atoms with Gasteiger partial charge in [-0.1, -0.05) is 0 Å². The standard InChI is InChI=1S/C12H16O6S/c1-8(6-12(13)14)19(15,16)11-7-9(17-2)4-5-10(11)18-3/h4-5,7-8H,6H2,1-3H3,(H,13,14). The van der Waals surface area contributed by atoms with E-state index < -0.39 is 27.5 Å². The Labute approximate surface area is 111 Å². The Kier molecular flexibility index (Phi) is 4.77. The third kappa shape index (κ3) is 3.37. The fourth-order valence-electron chi connectivity index (χ4n) is 1.58. The van der Waals surface area contributed by atoms with E-state index in [9.17, 15) is 13.2 Å². The average molecular weight is 288 g/mol. The van der Waals surface area contributed by atoms with Crippen LogP contribution in [0.15, 0.2) is 23.1 Å². The van der Waals surface area contributed by atoms with E-state index >= 15 is 0 Å². The van der Waals surface area contributed by atoms with Crippen molar-refractivity contribution in [1.29, 1.82) is 0 Å². The summed E-state index contributed by atoms with van der Waals surface area (Å²) in [6.45, 7) is 1.35. The predicted octanol–water partition coefficient (Wildman–Crippen LogP) is 1.34. The van der Waals surface area contributed by atoms with E-state index in [1.54, 1.807) is 6.07 Å². The molecule has 0 fully saturated rings. The van der Waals surface area contributed by atoms with Crippen LogP contribution in [0.3, 0.4) is 0 Å². The summed E-state index contributed by atoms with van der Waals surface area (Å²) in [5, 5.41) is 7.65. The number of benzene rings is 1. The summed E-state index contributed by atoms with van der Waals surface area (Å²) in [6.07, 6.45) is -0.470. The molecule has 0 aliphatic carbocycles. The molecule has 1 aromatic rings. The second kappa shape index (κ2) is 5.92. The minimum Gasteiger partial charge on any atom is -0.497 e. The van der Waals surface area contributed by atoms with Crippen LogP contribution < -0.4 is 9.47 Å². The molecule has 0 aromatic heterocycles. The van der Waals surface area contributed by atoms with E-state index in [0.717, 1.165) is 0 Å². The second-order valence-electron chi connectivity index (χ2n) is 3.97. The van der Waals surface area contributed by atoms with Crippen LogP contribution >= 0.6 is 0 Å². The van der Waals surface area contributed by atoms with Gasteiger partial charge in [0.15, 0.2) is 9.84 Å². The maximum absolute atomic E-state index is 12.3. The van der Waals surface area contributed by atoms with Crippen LogP contribution in [0.4, 0.5) is 0 Å². The quantitative estimate of drug-likeness (QED) is 0.849. The van der Waals surface area contributed by atoms with Gasteiger partial charge < -0.3 is 14.6 Å². The summed E-state index contributed by atoms with van der Waals surface area (Å²) in [4.78, 5) is 10.6. The lowest BCUT2D eigenvalue weighted by atomic mass is 10.3. The van der Waals surface area contributed by atoms with Gasteiger partial charge in [-0.3, -0.25) is 4.79 Å². The summed E-state index contributed by atoms with van der Waals surface area (Å²) >= 11 is 0. The maximum atomic E-state index is 12.3. The van der Waals surface area contributed by atoms with Gasteiger partial charge >= 0.3 is 5.97 Å². The Morgan fingerprint density at radius 2 is 1.95 bits per heavy atom. The normalized spacial score (nSPS) is 12.8. The molecule has 0 aliphatic rings. The largest absolute Gasteiger partial charge is 0.497 e. The molecule has 0 saturated heterocycles. The number of methoxy groups -OCH3 is 2. The number of aliphatic carboxylic acids is 1. The lowest BCUT2D eigenvalue weighted by molar-refractivity contribution is -0.136. The number of ether oxygens (including phenoxy) is 2. The van der Waals surface area contributed by atoms with Gasteiger partial charge in [0.2, 0.25) is 0 Å². The molecule has 1 rings (SSSR count). The number of hydrogen-bond donors (Lipinski definition) is 1. The minimum absolute atomic E-state index is 0.0666. The van der Waals surface area contributed by atoms with Gasteiger partial charge in [-0.25, -0.2) is 8.42 Å². The average Bonchev–Trinajstić information content (AvgIpc) is 2.37. The number of sulfone groups is 1. The minimum atomic E-state index is -3.80. The number of carboxylic acid groups (broad SMARTS) is 1. The van der Waals surface area contributed by atoms with E-state index in [4.69, 9.17) is 14.6 Å². The molecule has 0 bridgehead atoms. The lowest BCUT2D eigenvalue weighted by Gasteiger charge is -2.14. The number of hydrogen-bond acceptors (Lipinski definition) is 5. The zero-order valence-corrected chi connectivity index (χ0v) is 11.7. The summed E-state index contributed by atoms with van der Waals surface area (Å²) in [5.74, 6) is -0.641. The van der Waals surface area contributed by atoms with Gasteiger partial charge in [0.25, 0.3) is 0 Å². The van der Waals surface area contributed by atoms with Crippen LogP contribution in [-0.2, 0) is 14.6 Å². The van der Waals surface area contributed by atoms with Crippen molar-refractivity contribution in [3.63, 3.8) is 0 Å². The lowest BCUT2D eigenvalue weighted by Crippen LogP contribution is -2.22. The maximum Gasteiger partial charge on any atom is 0.304 e. The first-order valence-electron chi connectivity index (χ1n) is 5.50. The van der Waals surface area contributed by atoms with Crippen LogP contribution in [0.2, 0.25) is 0 Å². The smallest absolute Gasteiger partial charge is 0.304 e. The Morgan fingerprint density at radius 1 is 1.32 bits per heavy atom. The van der Waals surface area contributed by atoms with Gasteiger partial charge in [0.05, 0.1) is 25.9 Å². The molecule has 6 nitrogen and oxygen atoms in total. The Balaban J connectivity index is 3.29. The highest BCUT2D eigenvalue weighted by molar-refractivity contribution is 7.92. The molecular weight excluding hydrogens is 272 g/mol. The highest BCUT2D eigenvalue weighted by Crippen LogP contribution is 2.31. The summed E-state index contributed by atoms with van der Waals surface area (Å²) in [6, 6.07) is 4.37. The highest BCUT2D eigenvalue weighted by Gasteiger charge is 2.29. The van der Waals surface area contributed by atoms with Crippen LogP contribution in [0.1, 0.15) is 13.3 Å². The Hall–Kier alpha value is -1.76. The number of carbonyl (C=O) groups is 1. The summed E-state index contributed by atoms with van der Waals surface area (Å²) < 4.78 is 34.6. The first-order valence-corrected chi connectivity index (χ1v) is 7.05. The summed E-state index contributed by atoms with van der Waals surface area (Å²) in [7, 11) is -1.03. The van der Waals surface area contributed by atoms with E-state index in [0.29, 0.717) is 5.75 Å². The van der Waals surface area contributed by atoms with Crippen molar-refractivity contribution < 1.29 is 27.8 Å². The number of rotatable bonds is 6. The monoisotopic (exact) mass is 288 g/mol. The fourth-order valence-corrected chi connectivity index (χ4v) is 3.09.